The second-order valence-corrected chi connectivity index (χ2v) is 3.72. The van der Waals surface area contributed by atoms with Gasteiger partial charge < -0.3 is 4.98 Å². The molecule has 6 heteroatoms. The van der Waals surface area contributed by atoms with Crippen molar-refractivity contribution in [2.45, 2.75) is 0 Å². The molecule has 0 saturated heterocycles. The van der Waals surface area contributed by atoms with Gasteiger partial charge in [-0.15, -0.1) is 10.2 Å². The van der Waals surface area contributed by atoms with E-state index < -0.39 is 0 Å². The van der Waals surface area contributed by atoms with Gasteiger partial charge >= 0.3 is 0 Å². The number of aromatic amines is 1. The standard InChI is InChI=1S/C12H7N5O/c13-6-8-3-4-17-10(5-8)15-16-12(17)9-1-2-11(18)14-7-9/h1-5,7H,(H,14,18). The summed E-state index contributed by atoms with van der Waals surface area (Å²) in [5.74, 6) is 0.616. The number of fused-ring (bicyclic) bond motifs is 1. The predicted octanol–water partition coefficient (Wildman–Crippen LogP) is 0.956. The van der Waals surface area contributed by atoms with Crippen molar-refractivity contribution in [3.05, 3.63) is 52.6 Å². The first kappa shape index (κ1) is 10.2. The number of hydrogen-bond donors (Lipinski definition) is 1. The van der Waals surface area contributed by atoms with Gasteiger partial charge in [0, 0.05) is 30.1 Å². The number of nitrogens with one attached hydrogen (secondary N) is 1. The molecule has 0 aliphatic carbocycles. The van der Waals surface area contributed by atoms with Crippen LogP contribution in [0.2, 0.25) is 0 Å². The van der Waals surface area contributed by atoms with Gasteiger partial charge in [0.25, 0.3) is 0 Å². The number of hydrogen-bond acceptors (Lipinski definition) is 4. The van der Waals surface area contributed by atoms with E-state index >= 15 is 0 Å². The molecule has 1 N–H and O–H groups in total. The minimum atomic E-state index is -0.167. The third-order valence-corrected chi connectivity index (χ3v) is 2.58. The van der Waals surface area contributed by atoms with Crippen LogP contribution in [-0.4, -0.2) is 19.6 Å². The number of pyridine rings is 2. The topological polar surface area (TPSA) is 86.8 Å². The fourth-order valence-corrected chi connectivity index (χ4v) is 1.71. The minimum Gasteiger partial charge on any atom is -0.328 e. The van der Waals surface area contributed by atoms with Crippen molar-refractivity contribution in [3.63, 3.8) is 0 Å². The Labute approximate surface area is 101 Å². The van der Waals surface area contributed by atoms with Crippen molar-refractivity contribution in [2.24, 2.45) is 0 Å². The minimum absolute atomic E-state index is 0.167. The molecule has 0 spiro atoms. The van der Waals surface area contributed by atoms with Crippen LogP contribution in [0.5, 0.6) is 0 Å². The molecule has 3 rings (SSSR count). The highest BCUT2D eigenvalue weighted by Crippen LogP contribution is 2.16. The van der Waals surface area contributed by atoms with Crippen molar-refractivity contribution in [2.75, 3.05) is 0 Å². The molecule has 0 radical (unpaired) electrons. The summed E-state index contributed by atoms with van der Waals surface area (Å²) in [6, 6.07) is 8.49. The van der Waals surface area contributed by atoms with E-state index in [1.165, 1.54) is 6.07 Å². The molecule has 0 aliphatic heterocycles. The van der Waals surface area contributed by atoms with E-state index in [4.69, 9.17) is 5.26 Å². The lowest BCUT2D eigenvalue weighted by atomic mass is 10.2. The van der Waals surface area contributed by atoms with Crippen molar-refractivity contribution >= 4 is 5.65 Å². The van der Waals surface area contributed by atoms with Crippen LogP contribution in [0.4, 0.5) is 0 Å². The van der Waals surface area contributed by atoms with Gasteiger partial charge in [-0.3, -0.25) is 9.20 Å². The maximum absolute atomic E-state index is 11.0. The Morgan fingerprint density at radius 1 is 1.28 bits per heavy atom. The van der Waals surface area contributed by atoms with E-state index in [2.05, 4.69) is 15.2 Å². The summed E-state index contributed by atoms with van der Waals surface area (Å²) in [6.45, 7) is 0. The summed E-state index contributed by atoms with van der Waals surface area (Å²) < 4.78 is 1.76. The Balaban J connectivity index is 2.22. The van der Waals surface area contributed by atoms with Crippen molar-refractivity contribution in [1.82, 2.24) is 19.6 Å². The fraction of sp³-hybridized carbons (Fsp3) is 0. The molecule has 3 aromatic rings. The number of aromatic nitrogens is 4. The van der Waals surface area contributed by atoms with Gasteiger partial charge in [0.05, 0.1) is 11.6 Å². The van der Waals surface area contributed by atoms with E-state index in [9.17, 15) is 4.79 Å². The summed E-state index contributed by atoms with van der Waals surface area (Å²) in [6.07, 6.45) is 3.31. The number of H-pyrrole nitrogens is 1. The van der Waals surface area contributed by atoms with Gasteiger partial charge in [-0.1, -0.05) is 0 Å². The molecule has 3 aromatic heterocycles. The molecule has 86 valence electrons. The summed E-state index contributed by atoms with van der Waals surface area (Å²) in [5, 5.41) is 16.9. The van der Waals surface area contributed by atoms with Gasteiger partial charge in [-0.05, 0) is 12.1 Å². The smallest absolute Gasteiger partial charge is 0.247 e. The highest BCUT2D eigenvalue weighted by molar-refractivity contribution is 5.59. The average Bonchev–Trinajstić information content (AvgIpc) is 2.82. The first-order valence-electron chi connectivity index (χ1n) is 5.22. The van der Waals surface area contributed by atoms with Crippen LogP contribution in [0, 0.1) is 11.3 Å². The lowest BCUT2D eigenvalue weighted by Crippen LogP contribution is -2.02. The van der Waals surface area contributed by atoms with Crippen LogP contribution in [0.3, 0.4) is 0 Å². The monoisotopic (exact) mass is 237 g/mol. The lowest BCUT2D eigenvalue weighted by molar-refractivity contribution is 1.10. The zero-order chi connectivity index (χ0) is 12.5. The van der Waals surface area contributed by atoms with Crippen LogP contribution >= 0.6 is 0 Å². The predicted molar refractivity (Wildman–Crippen MR) is 63.8 cm³/mol. The second-order valence-electron chi connectivity index (χ2n) is 3.72. The summed E-state index contributed by atoms with van der Waals surface area (Å²) in [4.78, 5) is 13.6. The maximum atomic E-state index is 11.0. The number of nitrogens with zero attached hydrogens (tertiary/aromatic N) is 4. The normalized spacial score (nSPS) is 10.4. The molecule has 0 amide bonds. The van der Waals surface area contributed by atoms with Crippen molar-refractivity contribution in [3.8, 4) is 17.5 Å². The number of rotatable bonds is 1. The van der Waals surface area contributed by atoms with E-state index in [1.54, 1.807) is 35.0 Å². The van der Waals surface area contributed by atoms with E-state index in [-0.39, 0.29) is 5.56 Å². The van der Waals surface area contributed by atoms with Gasteiger partial charge in [0.1, 0.15) is 0 Å². The average molecular weight is 237 g/mol. The van der Waals surface area contributed by atoms with E-state index in [1.807, 2.05) is 6.07 Å². The molecule has 0 unspecified atom stereocenters. The molecule has 0 aliphatic rings. The van der Waals surface area contributed by atoms with Crippen LogP contribution in [0.15, 0.2) is 41.5 Å². The van der Waals surface area contributed by atoms with Crippen LogP contribution in [0.1, 0.15) is 5.56 Å². The van der Waals surface area contributed by atoms with Gasteiger partial charge in [0.15, 0.2) is 11.5 Å². The van der Waals surface area contributed by atoms with Gasteiger partial charge in [0.2, 0.25) is 5.56 Å². The molecular formula is C12H7N5O. The lowest BCUT2D eigenvalue weighted by Gasteiger charge is -1.99. The van der Waals surface area contributed by atoms with Crippen LogP contribution < -0.4 is 5.56 Å². The van der Waals surface area contributed by atoms with Crippen molar-refractivity contribution < 1.29 is 0 Å². The van der Waals surface area contributed by atoms with E-state index in [0.717, 1.165) is 5.56 Å². The molecule has 0 aromatic carbocycles. The molecule has 18 heavy (non-hydrogen) atoms. The SMILES string of the molecule is N#Cc1ccn2c(-c3ccc(=O)[nH]c3)nnc2c1. The van der Waals surface area contributed by atoms with Crippen LogP contribution in [-0.2, 0) is 0 Å². The molecule has 0 saturated carbocycles. The fourth-order valence-electron chi connectivity index (χ4n) is 1.71. The maximum Gasteiger partial charge on any atom is 0.247 e. The quantitative estimate of drug-likeness (QED) is 0.682. The second kappa shape index (κ2) is 3.82. The summed E-state index contributed by atoms with van der Waals surface area (Å²) in [7, 11) is 0. The molecular weight excluding hydrogens is 230 g/mol. The Bertz CT molecular complexity index is 804. The van der Waals surface area contributed by atoms with Crippen LogP contribution in [0.25, 0.3) is 17.0 Å². The zero-order valence-electron chi connectivity index (χ0n) is 9.16. The Morgan fingerprint density at radius 2 is 2.17 bits per heavy atom. The molecule has 3 heterocycles. The molecule has 6 nitrogen and oxygen atoms in total. The third kappa shape index (κ3) is 1.55. The summed E-state index contributed by atoms with van der Waals surface area (Å²) in [5.41, 5.74) is 1.71. The number of nitriles is 1. The van der Waals surface area contributed by atoms with Gasteiger partial charge in [-0.25, -0.2) is 0 Å². The Hall–Kier alpha value is -2.94. The van der Waals surface area contributed by atoms with Gasteiger partial charge in [-0.2, -0.15) is 5.26 Å². The molecule has 0 atom stereocenters. The Morgan fingerprint density at radius 3 is 2.89 bits per heavy atom. The highest BCUT2D eigenvalue weighted by Gasteiger charge is 2.08. The highest BCUT2D eigenvalue weighted by atomic mass is 16.1. The molecule has 0 fully saturated rings. The first-order chi connectivity index (χ1) is 8.78. The van der Waals surface area contributed by atoms with E-state index in [0.29, 0.717) is 17.0 Å². The third-order valence-electron chi connectivity index (χ3n) is 2.58. The largest absolute Gasteiger partial charge is 0.328 e. The molecule has 0 bridgehead atoms. The summed E-state index contributed by atoms with van der Waals surface area (Å²) >= 11 is 0. The van der Waals surface area contributed by atoms with Crippen molar-refractivity contribution in [1.29, 1.82) is 5.26 Å². The zero-order valence-corrected chi connectivity index (χ0v) is 9.16. The Kier molecular flexibility index (Phi) is 2.17. The first-order valence-corrected chi connectivity index (χ1v) is 5.22.